The molecule has 0 aromatic heterocycles. The van der Waals surface area contributed by atoms with Gasteiger partial charge in [0, 0.05) is 11.3 Å². The maximum Gasteiger partial charge on any atom is 0.245 e. The van der Waals surface area contributed by atoms with Gasteiger partial charge in [0.25, 0.3) is 0 Å². The van der Waals surface area contributed by atoms with Gasteiger partial charge < -0.3 is 19.3 Å². The van der Waals surface area contributed by atoms with E-state index in [0.717, 1.165) is 38.3 Å². The molecule has 0 saturated carbocycles. The first kappa shape index (κ1) is 21.6. The predicted molar refractivity (Wildman–Crippen MR) is 119 cm³/mol. The average molecular weight is 412 g/mol. The van der Waals surface area contributed by atoms with E-state index in [2.05, 4.69) is 39.7 Å². The lowest BCUT2D eigenvalue weighted by Gasteiger charge is -2.33. The van der Waals surface area contributed by atoms with Gasteiger partial charge in [0.2, 0.25) is 5.91 Å². The molecule has 1 aliphatic heterocycles. The molecule has 3 rings (SSSR count). The Bertz CT molecular complexity index is 862. The van der Waals surface area contributed by atoms with Gasteiger partial charge in [-0.15, -0.1) is 0 Å². The van der Waals surface area contributed by atoms with Crippen molar-refractivity contribution in [3.63, 3.8) is 0 Å². The molecule has 0 spiro atoms. The SMILES string of the molecule is COc1ccc(/C(C)=N\NC(=O)CC[NH+]2CCN(c3ccccc3)CC2)cc1OC. The number of anilines is 1. The summed E-state index contributed by atoms with van der Waals surface area (Å²) in [5.74, 6) is 1.23. The highest BCUT2D eigenvalue weighted by atomic mass is 16.5. The van der Waals surface area contributed by atoms with Crippen molar-refractivity contribution < 1.29 is 19.2 Å². The number of methoxy groups -OCH3 is 2. The Labute approximate surface area is 178 Å². The topological polar surface area (TPSA) is 67.6 Å². The summed E-state index contributed by atoms with van der Waals surface area (Å²) in [6.45, 7) is 6.77. The highest BCUT2D eigenvalue weighted by molar-refractivity contribution is 5.99. The fourth-order valence-corrected chi connectivity index (χ4v) is 3.59. The molecule has 0 aliphatic carbocycles. The molecule has 1 saturated heterocycles. The summed E-state index contributed by atoms with van der Waals surface area (Å²) in [5, 5.41) is 4.24. The van der Waals surface area contributed by atoms with Gasteiger partial charge in [-0.05, 0) is 37.3 Å². The minimum absolute atomic E-state index is 0.0622. The van der Waals surface area contributed by atoms with Crippen LogP contribution in [0.4, 0.5) is 5.69 Å². The highest BCUT2D eigenvalue weighted by Crippen LogP contribution is 2.27. The van der Waals surface area contributed by atoms with Crippen molar-refractivity contribution >= 4 is 17.3 Å². The van der Waals surface area contributed by atoms with E-state index in [9.17, 15) is 4.79 Å². The normalized spacial score (nSPS) is 15.0. The van der Waals surface area contributed by atoms with Crippen LogP contribution in [0.15, 0.2) is 53.6 Å². The molecule has 0 radical (unpaired) electrons. The molecule has 1 heterocycles. The summed E-state index contributed by atoms with van der Waals surface area (Å²) < 4.78 is 10.6. The fourth-order valence-electron chi connectivity index (χ4n) is 3.59. The van der Waals surface area contributed by atoms with Gasteiger partial charge in [0.15, 0.2) is 11.5 Å². The molecule has 7 nitrogen and oxygen atoms in total. The van der Waals surface area contributed by atoms with Gasteiger partial charge in [-0.25, -0.2) is 5.43 Å². The summed E-state index contributed by atoms with van der Waals surface area (Å²) in [6.07, 6.45) is 0.462. The second-order valence-corrected chi connectivity index (χ2v) is 7.37. The molecule has 2 N–H and O–H groups in total. The second-order valence-electron chi connectivity index (χ2n) is 7.37. The lowest BCUT2D eigenvalue weighted by Crippen LogP contribution is -3.15. The number of carbonyl (C=O) groups is 1. The second kappa shape index (κ2) is 10.6. The lowest BCUT2D eigenvalue weighted by atomic mass is 10.1. The van der Waals surface area contributed by atoms with Crippen LogP contribution in [0, 0.1) is 0 Å². The number of benzene rings is 2. The van der Waals surface area contributed by atoms with Crippen LogP contribution in [0.1, 0.15) is 18.9 Å². The molecule has 1 fully saturated rings. The lowest BCUT2D eigenvalue weighted by molar-refractivity contribution is -0.900. The van der Waals surface area contributed by atoms with E-state index in [4.69, 9.17) is 9.47 Å². The van der Waals surface area contributed by atoms with Crippen LogP contribution in [0.5, 0.6) is 11.5 Å². The minimum atomic E-state index is -0.0622. The summed E-state index contributed by atoms with van der Waals surface area (Å²) in [6, 6.07) is 16.1. The molecule has 0 atom stereocenters. The van der Waals surface area contributed by atoms with Crippen LogP contribution in [0.2, 0.25) is 0 Å². The van der Waals surface area contributed by atoms with E-state index in [-0.39, 0.29) is 5.91 Å². The number of para-hydroxylation sites is 1. The maximum absolute atomic E-state index is 12.2. The number of rotatable bonds is 8. The number of hydrazone groups is 1. The number of ether oxygens (including phenoxy) is 2. The Hall–Kier alpha value is -3.06. The molecule has 2 aromatic carbocycles. The zero-order chi connectivity index (χ0) is 21.3. The number of nitrogens with one attached hydrogen (secondary N) is 2. The van der Waals surface area contributed by atoms with Crippen LogP contribution in [-0.2, 0) is 4.79 Å². The smallest absolute Gasteiger partial charge is 0.245 e. The average Bonchev–Trinajstić information content (AvgIpc) is 2.81. The minimum Gasteiger partial charge on any atom is -0.493 e. The van der Waals surface area contributed by atoms with Gasteiger partial charge in [-0.1, -0.05) is 18.2 Å². The highest BCUT2D eigenvalue weighted by Gasteiger charge is 2.20. The molecule has 1 aliphatic rings. The van der Waals surface area contributed by atoms with Crippen LogP contribution in [0.25, 0.3) is 0 Å². The monoisotopic (exact) mass is 411 g/mol. The van der Waals surface area contributed by atoms with Gasteiger partial charge >= 0.3 is 0 Å². The first-order valence-corrected chi connectivity index (χ1v) is 10.3. The zero-order valence-corrected chi connectivity index (χ0v) is 18.0. The Morgan fingerprint density at radius 3 is 2.43 bits per heavy atom. The molecular formula is C23H31N4O3+. The van der Waals surface area contributed by atoms with Crippen molar-refractivity contribution in [3.8, 4) is 11.5 Å². The van der Waals surface area contributed by atoms with Crippen molar-refractivity contribution in [3.05, 3.63) is 54.1 Å². The van der Waals surface area contributed by atoms with E-state index < -0.39 is 0 Å². The third-order valence-corrected chi connectivity index (χ3v) is 5.45. The molecule has 0 bridgehead atoms. The van der Waals surface area contributed by atoms with Gasteiger partial charge in [-0.3, -0.25) is 4.79 Å². The number of nitrogens with zero attached hydrogens (tertiary/aromatic N) is 2. The first-order valence-electron chi connectivity index (χ1n) is 10.3. The Morgan fingerprint density at radius 2 is 1.77 bits per heavy atom. The summed E-state index contributed by atoms with van der Waals surface area (Å²) >= 11 is 0. The molecule has 1 amide bonds. The molecule has 7 heteroatoms. The quantitative estimate of drug-likeness (QED) is 0.508. The number of hydrogen-bond donors (Lipinski definition) is 2. The summed E-state index contributed by atoms with van der Waals surface area (Å²) in [7, 11) is 3.19. The van der Waals surface area contributed by atoms with Gasteiger partial charge in [-0.2, -0.15) is 5.10 Å². The van der Waals surface area contributed by atoms with Crippen molar-refractivity contribution in [2.45, 2.75) is 13.3 Å². The Balaban J connectivity index is 1.44. The van der Waals surface area contributed by atoms with E-state index in [1.165, 1.54) is 10.6 Å². The van der Waals surface area contributed by atoms with E-state index >= 15 is 0 Å². The fraction of sp³-hybridized carbons (Fsp3) is 0.391. The molecule has 2 aromatic rings. The number of quaternary nitrogens is 1. The Kier molecular flexibility index (Phi) is 7.68. The van der Waals surface area contributed by atoms with Gasteiger partial charge in [0.1, 0.15) is 0 Å². The largest absolute Gasteiger partial charge is 0.493 e. The van der Waals surface area contributed by atoms with Crippen LogP contribution >= 0.6 is 0 Å². The van der Waals surface area contributed by atoms with Crippen molar-refractivity contribution in [2.75, 3.05) is 51.8 Å². The zero-order valence-electron chi connectivity index (χ0n) is 18.0. The van der Waals surface area contributed by atoms with Crippen molar-refractivity contribution in [1.82, 2.24) is 5.43 Å². The van der Waals surface area contributed by atoms with Crippen LogP contribution in [0.3, 0.4) is 0 Å². The van der Waals surface area contributed by atoms with E-state index in [1.54, 1.807) is 14.2 Å². The molecule has 160 valence electrons. The van der Waals surface area contributed by atoms with E-state index in [1.807, 2.05) is 31.2 Å². The molecule has 0 unspecified atom stereocenters. The van der Waals surface area contributed by atoms with Crippen LogP contribution in [-0.4, -0.2) is 58.6 Å². The van der Waals surface area contributed by atoms with Crippen molar-refractivity contribution in [1.29, 1.82) is 0 Å². The third-order valence-electron chi connectivity index (χ3n) is 5.45. The number of piperazine rings is 1. The molecule has 30 heavy (non-hydrogen) atoms. The maximum atomic E-state index is 12.2. The third kappa shape index (κ3) is 5.73. The van der Waals surface area contributed by atoms with Crippen LogP contribution < -0.4 is 24.7 Å². The first-order chi connectivity index (χ1) is 14.6. The molecular weight excluding hydrogens is 380 g/mol. The standard InChI is InChI=1S/C23H30N4O3/c1-18(19-9-10-21(29-2)22(17-19)30-3)24-25-23(28)11-12-26-13-15-27(16-14-26)20-7-5-4-6-8-20/h4-10,17H,11-16H2,1-3H3,(H,25,28)/p+1/b24-18-. The number of carbonyl (C=O) groups excluding carboxylic acids is 1. The Morgan fingerprint density at radius 1 is 1.07 bits per heavy atom. The summed E-state index contributed by atoms with van der Waals surface area (Å²) in [5.41, 5.74) is 5.53. The summed E-state index contributed by atoms with van der Waals surface area (Å²) in [4.78, 5) is 16.1. The predicted octanol–water partition coefficient (Wildman–Crippen LogP) is 1.34. The number of amides is 1. The van der Waals surface area contributed by atoms with Gasteiger partial charge in [0.05, 0.1) is 59.1 Å². The van der Waals surface area contributed by atoms with Crippen molar-refractivity contribution in [2.24, 2.45) is 5.10 Å². The van der Waals surface area contributed by atoms with E-state index in [0.29, 0.717) is 23.6 Å². The number of hydrogen-bond acceptors (Lipinski definition) is 5.